The molecule has 1 N–H and O–H groups in total. The number of hydrogen-bond donors (Lipinski definition) is 1. The highest BCUT2D eigenvalue weighted by Gasteiger charge is 2.17. The van der Waals surface area contributed by atoms with Crippen molar-refractivity contribution in [2.24, 2.45) is 5.92 Å². The molecule has 0 amide bonds. The van der Waals surface area contributed by atoms with E-state index in [-0.39, 0.29) is 5.82 Å². The van der Waals surface area contributed by atoms with E-state index in [0.29, 0.717) is 11.6 Å². The Morgan fingerprint density at radius 3 is 3.06 bits per heavy atom. The second-order valence-corrected chi connectivity index (χ2v) is 5.80. The summed E-state index contributed by atoms with van der Waals surface area (Å²) in [4.78, 5) is 0. The van der Waals surface area contributed by atoms with Gasteiger partial charge < -0.3 is 5.32 Å². The molecule has 1 aromatic rings. The van der Waals surface area contributed by atoms with Gasteiger partial charge in [0, 0.05) is 16.1 Å². The van der Waals surface area contributed by atoms with Gasteiger partial charge in [-0.25, -0.2) is 4.39 Å². The second kappa shape index (κ2) is 6.48. The molecule has 2 unspecified atom stereocenters. The van der Waals surface area contributed by atoms with Crippen LogP contribution in [0.5, 0.6) is 0 Å². The van der Waals surface area contributed by atoms with Crippen molar-refractivity contribution in [2.45, 2.75) is 32.2 Å². The van der Waals surface area contributed by atoms with Gasteiger partial charge in [-0.3, -0.25) is 0 Å². The molecule has 3 heteroatoms. The molecule has 0 radical (unpaired) electrons. The zero-order valence-corrected chi connectivity index (χ0v) is 12.2. The largest absolute Gasteiger partial charge is 0.310 e. The first-order chi connectivity index (χ1) is 8.69. The Balaban J connectivity index is 2.01. The van der Waals surface area contributed by atoms with Crippen molar-refractivity contribution in [3.8, 4) is 0 Å². The topological polar surface area (TPSA) is 12.0 Å². The molecular formula is C15H19BrFN. The van der Waals surface area contributed by atoms with Crippen LogP contribution in [0.4, 0.5) is 4.39 Å². The maximum Gasteiger partial charge on any atom is 0.131 e. The van der Waals surface area contributed by atoms with Crippen molar-refractivity contribution < 1.29 is 4.39 Å². The van der Waals surface area contributed by atoms with Crippen molar-refractivity contribution in [1.29, 1.82) is 0 Å². The van der Waals surface area contributed by atoms with Crippen LogP contribution < -0.4 is 5.32 Å². The summed E-state index contributed by atoms with van der Waals surface area (Å²) >= 11 is 3.26. The summed E-state index contributed by atoms with van der Waals surface area (Å²) in [6.45, 7) is 3.31. The Hall–Kier alpha value is -0.670. The average Bonchev–Trinajstić information content (AvgIpc) is 2.38. The van der Waals surface area contributed by atoms with E-state index in [4.69, 9.17) is 0 Å². The van der Waals surface area contributed by atoms with Gasteiger partial charge in [-0.1, -0.05) is 47.5 Å². The standard InChI is InChI=1S/C15H19BrFN/c1-2-11-7-8-18-14(9-11)6-4-12-3-5-13(16)10-15(12)17/h3-6,10-11,14,18H,2,7-9H2,1H3/b6-4+. The predicted octanol–water partition coefficient (Wildman–Crippen LogP) is 4.38. The Morgan fingerprint density at radius 2 is 2.33 bits per heavy atom. The van der Waals surface area contributed by atoms with Crippen LogP contribution in [0.2, 0.25) is 0 Å². The molecule has 1 heterocycles. The summed E-state index contributed by atoms with van der Waals surface area (Å²) < 4.78 is 14.4. The molecule has 1 fully saturated rings. The van der Waals surface area contributed by atoms with Crippen LogP contribution in [0.3, 0.4) is 0 Å². The van der Waals surface area contributed by atoms with Gasteiger partial charge in [-0.15, -0.1) is 0 Å². The molecule has 1 aliphatic rings. The monoisotopic (exact) mass is 311 g/mol. The summed E-state index contributed by atoms with van der Waals surface area (Å²) in [5.74, 6) is 0.624. The maximum atomic E-state index is 13.6. The van der Waals surface area contributed by atoms with Crippen molar-refractivity contribution in [3.63, 3.8) is 0 Å². The lowest BCUT2D eigenvalue weighted by Gasteiger charge is -2.27. The highest BCUT2D eigenvalue weighted by molar-refractivity contribution is 9.10. The van der Waals surface area contributed by atoms with Gasteiger partial charge in [-0.2, -0.15) is 0 Å². The minimum atomic E-state index is -0.177. The summed E-state index contributed by atoms with van der Waals surface area (Å²) in [7, 11) is 0. The number of piperidine rings is 1. The van der Waals surface area contributed by atoms with E-state index in [2.05, 4.69) is 34.2 Å². The van der Waals surface area contributed by atoms with Crippen molar-refractivity contribution in [3.05, 3.63) is 40.1 Å². The fourth-order valence-corrected chi connectivity index (χ4v) is 2.74. The third-order valence-corrected chi connectivity index (χ3v) is 4.09. The van der Waals surface area contributed by atoms with Gasteiger partial charge in [0.1, 0.15) is 5.82 Å². The van der Waals surface area contributed by atoms with E-state index in [1.807, 2.05) is 12.1 Å². The molecule has 0 saturated carbocycles. The number of nitrogens with one attached hydrogen (secondary N) is 1. The third kappa shape index (κ3) is 3.66. The Bertz CT molecular complexity index is 431. The lowest BCUT2D eigenvalue weighted by molar-refractivity contribution is 0.326. The highest BCUT2D eigenvalue weighted by atomic mass is 79.9. The first kappa shape index (κ1) is 13.8. The minimum Gasteiger partial charge on any atom is -0.310 e. The normalized spacial score (nSPS) is 24.6. The zero-order chi connectivity index (χ0) is 13.0. The fourth-order valence-electron chi connectivity index (χ4n) is 2.41. The predicted molar refractivity (Wildman–Crippen MR) is 77.9 cm³/mol. The minimum absolute atomic E-state index is 0.177. The molecule has 18 heavy (non-hydrogen) atoms. The Labute approximate surface area is 117 Å². The first-order valence-electron chi connectivity index (χ1n) is 6.55. The van der Waals surface area contributed by atoms with E-state index in [0.717, 1.165) is 23.4 Å². The maximum absolute atomic E-state index is 13.6. The zero-order valence-electron chi connectivity index (χ0n) is 10.6. The van der Waals surface area contributed by atoms with Crippen LogP contribution in [0, 0.1) is 11.7 Å². The summed E-state index contributed by atoms with van der Waals surface area (Å²) in [5.41, 5.74) is 0.652. The van der Waals surface area contributed by atoms with Gasteiger partial charge in [0.2, 0.25) is 0 Å². The lowest BCUT2D eigenvalue weighted by atomic mass is 9.90. The van der Waals surface area contributed by atoms with Crippen molar-refractivity contribution in [1.82, 2.24) is 5.32 Å². The molecule has 0 aliphatic carbocycles. The van der Waals surface area contributed by atoms with Crippen LogP contribution in [0.1, 0.15) is 31.7 Å². The smallest absolute Gasteiger partial charge is 0.131 e. The average molecular weight is 312 g/mol. The molecule has 98 valence electrons. The summed E-state index contributed by atoms with van der Waals surface area (Å²) in [6.07, 6.45) is 7.63. The Kier molecular flexibility index (Phi) is 4.95. The van der Waals surface area contributed by atoms with Gasteiger partial charge in [0.25, 0.3) is 0 Å². The molecule has 0 spiro atoms. The SMILES string of the molecule is CCC1CCNC(/C=C/c2ccc(Br)cc2F)C1. The Morgan fingerprint density at radius 1 is 1.50 bits per heavy atom. The fraction of sp³-hybridized carbons (Fsp3) is 0.467. The van der Waals surface area contributed by atoms with E-state index in [1.54, 1.807) is 6.07 Å². The van der Waals surface area contributed by atoms with Crippen molar-refractivity contribution in [2.75, 3.05) is 6.54 Å². The molecule has 1 nitrogen and oxygen atoms in total. The van der Waals surface area contributed by atoms with E-state index < -0.39 is 0 Å². The summed E-state index contributed by atoms with van der Waals surface area (Å²) in [5, 5.41) is 3.47. The van der Waals surface area contributed by atoms with Crippen LogP contribution in [-0.4, -0.2) is 12.6 Å². The van der Waals surface area contributed by atoms with Crippen LogP contribution >= 0.6 is 15.9 Å². The van der Waals surface area contributed by atoms with Crippen LogP contribution in [-0.2, 0) is 0 Å². The quantitative estimate of drug-likeness (QED) is 0.873. The van der Waals surface area contributed by atoms with Gasteiger partial charge in [-0.05, 0) is 37.4 Å². The first-order valence-corrected chi connectivity index (χ1v) is 7.35. The molecule has 1 aromatic carbocycles. The summed E-state index contributed by atoms with van der Waals surface area (Å²) in [6, 6.07) is 5.55. The molecule has 2 rings (SSSR count). The third-order valence-electron chi connectivity index (χ3n) is 3.59. The molecule has 1 saturated heterocycles. The molecular weight excluding hydrogens is 293 g/mol. The van der Waals surface area contributed by atoms with E-state index in [9.17, 15) is 4.39 Å². The molecule has 2 atom stereocenters. The second-order valence-electron chi connectivity index (χ2n) is 4.88. The molecule has 0 bridgehead atoms. The lowest BCUT2D eigenvalue weighted by Crippen LogP contribution is -2.36. The number of rotatable bonds is 3. The number of halogens is 2. The van der Waals surface area contributed by atoms with Gasteiger partial charge >= 0.3 is 0 Å². The number of hydrogen-bond acceptors (Lipinski definition) is 1. The van der Waals surface area contributed by atoms with Gasteiger partial charge in [0.05, 0.1) is 0 Å². The highest BCUT2D eigenvalue weighted by Crippen LogP contribution is 2.21. The van der Waals surface area contributed by atoms with E-state index in [1.165, 1.54) is 18.9 Å². The van der Waals surface area contributed by atoms with Crippen LogP contribution in [0.15, 0.2) is 28.7 Å². The van der Waals surface area contributed by atoms with Crippen molar-refractivity contribution >= 4 is 22.0 Å². The van der Waals surface area contributed by atoms with Crippen LogP contribution in [0.25, 0.3) is 6.08 Å². The molecule has 0 aromatic heterocycles. The number of benzene rings is 1. The van der Waals surface area contributed by atoms with E-state index >= 15 is 0 Å². The molecule has 1 aliphatic heterocycles. The van der Waals surface area contributed by atoms with Gasteiger partial charge in [0.15, 0.2) is 0 Å².